The molecule has 31 heavy (non-hydrogen) atoms. The van der Waals surface area contributed by atoms with E-state index in [0.29, 0.717) is 34.6 Å². The highest BCUT2D eigenvalue weighted by Crippen LogP contribution is 2.41. The zero-order chi connectivity index (χ0) is 21.5. The van der Waals surface area contributed by atoms with Gasteiger partial charge in [0.05, 0.1) is 12.8 Å². The van der Waals surface area contributed by atoms with Crippen molar-refractivity contribution in [3.63, 3.8) is 0 Å². The number of hydrogen-bond donors (Lipinski definition) is 2. The summed E-state index contributed by atoms with van der Waals surface area (Å²) >= 11 is 0. The van der Waals surface area contributed by atoms with Crippen LogP contribution in [0.5, 0.6) is 5.75 Å². The largest absolute Gasteiger partial charge is 0.497 e. The number of anilines is 2. The highest BCUT2D eigenvalue weighted by molar-refractivity contribution is 5.76. The number of tetrazole rings is 1. The van der Waals surface area contributed by atoms with Crippen molar-refractivity contribution in [1.29, 1.82) is 0 Å². The summed E-state index contributed by atoms with van der Waals surface area (Å²) < 4.78 is 7.06. The van der Waals surface area contributed by atoms with Crippen molar-refractivity contribution in [3.8, 4) is 17.0 Å². The molecule has 0 fully saturated rings. The van der Waals surface area contributed by atoms with Crippen molar-refractivity contribution >= 4 is 11.6 Å². The molecule has 2 N–H and O–H groups in total. The van der Waals surface area contributed by atoms with Gasteiger partial charge in [0.1, 0.15) is 17.5 Å². The maximum atomic E-state index is 12.7. The summed E-state index contributed by atoms with van der Waals surface area (Å²) in [4.78, 5) is 12.7. The van der Waals surface area contributed by atoms with Gasteiger partial charge in [-0.1, -0.05) is 55.3 Å². The third kappa shape index (κ3) is 3.14. The lowest BCUT2D eigenvalue weighted by molar-refractivity contribution is 0.415. The van der Waals surface area contributed by atoms with Gasteiger partial charge in [-0.15, -0.1) is 0 Å². The molecule has 0 amide bonds. The lowest BCUT2D eigenvalue weighted by Gasteiger charge is -2.28. The molecule has 2 aromatic heterocycles. The van der Waals surface area contributed by atoms with E-state index in [1.165, 1.54) is 5.56 Å². The van der Waals surface area contributed by atoms with E-state index in [9.17, 15) is 4.79 Å². The molecule has 9 heteroatoms. The van der Waals surface area contributed by atoms with Gasteiger partial charge in [-0.05, 0) is 39.6 Å². The Bertz CT molecular complexity index is 1310. The van der Waals surface area contributed by atoms with Gasteiger partial charge in [0, 0.05) is 11.1 Å². The second-order valence-electron chi connectivity index (χ2n) is 7.72. The van der Waals surface area contributed by atoms with Gasteiger partial charge in [0.15, 0.2) is 0 Å². The first-order chi connectivity index (χ1) is 15.1. The highest BCUT2D eigenvalue weighted by atomic mass is 16.5. The third-order valence-electron chi connectivity index (χ3n) is 5.53. The predicted molar refractivity (Wildman–Crippen MR) is 116 cm³/mol. The quantitative estimate of drug-likeness (QED) is 0.463. The van der Waals surface area contributed by atoms with Crippen LogP contribution in [0.1, 0.15) is 42.5 Å². The molecule has 0 saturated carbocycles. The second kappa shape index (κ2) is 7.35. The van der Waals surface area contributed by atoms with E-state index in [-0.39, 0.29) is 5.56 Å². The molecule has 2 aromatic carbocycles. The minimum Gasteiger partial charge on any atom is -0.497 e. The van der Waals surface area contributed by atoms with Crippen molar-refractivity contribution in [3.05, 3.63) is 75.6 Å². The van der Waals surface area contributed by atoms with E-state index in [1.54, 1.807) is 11.8 Å². The molecule has 9 nitrogen and oxygen atoms in total. The molecule has 0 unspecified atom stereocenters. The molecular formula is C22H21N7O2. The minimum absolute atomic E-state index is 0.334. The number of rotatable bonds is 4. The zero-order valence-corrected chi connectivity index (χ0v) is 17.3. The van der Waals surface area contributed by atoms with Crippen LogP contribution in [0, 0.1) is 0 Å². The van der Waals surface area contributed by atoms with Gasteiger partial charge >= 0.3 is 0 Å². The van der Waals surface area contributed by atoms with Crippen molar-refractivity contribution in [2.45, 2.75) is 25.8 Å². The highest BCUT2D eigenvalue weighted by Gasteiger charge is 2.34. The lowest BCUT2D eigenvalue weighted by Crippen LogP contribution is -2.29. The van der Waals surface area contributed by atoms with E-state index in [0.717, 1.165) is 11.1 Å². The number of ether oxygens (including phenoxy) is 1. The number of aromatic amines is 1. The molecule has 0 spiro atoms. The van der Waals surface area contributed by atoms with Crippen LogP contribution < -0.4 is 15.6 Å². The number of benzene rings is 2. The number of H-pyrrole nitrogens is 1. The maximum Gasteiger partial charge on any atom is 0.288 e. The Hall–Kier alpha value is -4.01. The SMILES string of the molecule is COc1cccc(-c2n[nH]c(=O)c3c2[C@@H](c2ccc(C(C)C)cc2)n2nnnc2N3)c1. The fraction of sp³-hybridized carbons (Fsp3) is 0.227. The van der Waals surface area contributed by atoms with E-state index >= 15 is 0 Å². The van der Waals surface area contributed by atoms with Gasteiger partial charge in [-0.2, -0.15) is 9.78 Å². The molecule has 0 aliphatic carbocycles. The average Bonchev–Trinajstić information content (AvgIpc) is 3.26. The topological polar surface area (TPSA) is 111 Å². The van der Waals surface area contributed by atoms with Crippen molar-refractivity contribution in [2.24, 2.45) is 0 Å². The van der Waals surface area contributed by atoms with Crippen LogP contribution in [0.25, 0.3) is 11.3 Å². The molecule has 1 aliphatic rings. The molecule has 1 aliphatic heterocycles. The Morgan fingerprint density at radius 2 is 1.94 bits per heavy atom. The number of nitrogens with zero attached hydrogens (tertiary/aromatic N) is 5. The lowest BCUT2D eigenvalue weighted by atomic mass is 9.91. The fourth-order valence-electron chi connectivity index (χ4n) is 3.90. The Morgan fingerprint density at radius 3 is 2.68 bits per heavy atom. The van der Waals surface area contributed by atoms with E-state index in [4.69, 9.17) is 4.74 Å². The number of fused-ring (bicyclic) bond motifs is 2. The van der Waals surface area contributed by atoms with Gasteiger partial charge in [0.2, 0.25) is 5.95 Å². The van der Waals surface area contributed by atoms with Crippen LogP contribution in [-0.2, 0) is 0 Å². The average molecular weight is 415 g/mol. The van der Waals surface area contributed by atoms with Gasteiger partial charge < -0.3 is 10.1 Å². The molecule has 3 heterocycles. The Morgan fingerprint density at radius 1 is 1.13 bits per heavy atom. The van der Waals surface area contributed by atoms with Gasteiger partial charge in [0.25, 0.3) is 5.56 Å². The Kier molecular flexibility index (Phi) is 4.50. The summed E-state index contributed by atoms with van der Waals surface area (Å²) in [5.41, 5.74) is 4.38. The van der Waals surface area contributed by atoms with Gasteiger partial charge in [-0.3, -0.25) is 4.79 Å². The van der Waals surface area contributed by atoms with Crippen molar-refractivity contribution < 1.29 is 4.74 Å². The van der Waals surface area contributed by atoms with Crippen LogP contribution in [0.2, 0.25) is 0 Å². The molecule has 0 bridgehead atoms. The predicted octanol–water partition coefficient (Wildman–Crippen LogP) is 3.25. The van der Waals surface area contributed by atoms with Crippen LogP contribution >= 0.6 is 0 Å². The van der Waals surface area contributed by atoms with Crippen LogP contribution in [0.4, 0.5) is 11.6 Å². The molecule has 156 valence electrons. The standard InChI is InChI=1S/C22H21N7O2/c1-12(2)13-7-9-14(10-8-13)20-17-18(15-5-4-6-16(11-15)31-3)24-25-21(30)19(17)23-22-26-27-28-29(20)22/h4-12,20H,1-3H3,(H,25,30)(H,23,26,28)/t20-/m1/s1. The van der Waals surface area contributed by atoms with E-state index < -0.39 is 6.04 Å². The van der Waals surface area contributed by atoms with Crippen molar-refractivity contribution in [1.82, 2.24) is 30.4 Å². The molecule has 0 saturated heterocycles. The maximum absolute atomic E-state index is 12.7. The van der Waals surface area contributed by atoms with Crippen LogP contribution in [-0.4, -0.2) is 37.5 Å². The first-order valence-corrected chi connectivity index (χ1v) is 9.98. The molecule has 1 atom stereocenters. The fourth-order valence-corrected chi connectivity index (χ4v) is 3.90. The summed E-state index contributed by atoms with van der Waals surface area (Å²) in [6.45, 7) is 4.30. The normalized spacial score (nSPS) is 14.6. The molecule has 4 aromatic rings. The van der Waals surface area contributed by atoms with E-state index in [2.05, 4.69) is 69.2 Å². The summed E-state index contributed by atoms with van der Waals surface area (Å²) in [6.07, 6.45) is 0. The van der Waals surface area contributed by atoms with Crippen LogP contribution in [0.15, 0.2) is 53.3 Å². The number of hydrogen-bond acceptors (Lipinski definition) is 7. The second-order valence-corrected chi connectivity index (χ2v) is 7.72. The first kappa shape index (κ1) is 19.0. The summed E-state index contributed by atoms with van der Waals surface area (Å²) in [6, 6.07) is 15.4. The molecular weight excluding hydrogens is 394 g/mol. The number of methoxy groups -OCH3 is 1. The Labute approximate surface area is 178 Å². The summed E-state index contributed by atoms with van der Waals surface area (Å²) in [5, 5.41) is 22.1. The Balaban J connectivity index is 1.76. The zero-order valence-electron chi connectivity index (χ0n) is 17.3. The smallest absolute Gasteiger partial charge is 0.288 e. The number of nitrogens with one attached hydrogen (secondary N) is 2. The van der Waals surface area contributed by atoms with Gasteiger partial charge in [-0.25, -0.2) is 5.10 Å². The van der Waals surface area contributed by atoms with Crippen LogP contribution in [0.3, 0.4) is 0 Å². The molecule has 0 radical (unpaired) electrons. The summed E-state index contributed by atoms with van der Waals surface area (Å²) in [7, 11) is 1.61. The number of aromatic nitrogens is 6. The van der Waals surface area contributed by atoms with Crippen molar-refractivity contribution in [2.75, 3.05) is 12.4 Å². The van der Waals surface area contributed by atoms with E-state index in [1.807, 2.05) is 24.3 Å². The summed E-state index contributed by atoms with van der Waals surface area (Å²) in [5.74, 6) is 1.51. The first-order valence-electron chi connectivity index (χ1n) is 9.98. The molecule has 5 rings (SSSR count). The third-order valence-corrected chi connectivity index (χ3v) is 5.53. The minimum atomic E-state index is -0.418. The monoisotopic (exact) mass is 415 g/mol.